The molecule has 0 saturated carbocycles. The average Bonchev–Trinajstić information content (AvgIpc) is 3.06. The van der Waals surface area contributed by atoms with Crippen molar-refractivity contribution in [1.29, 1.82) is 0 Å². The fraction of sp³-hybridized carbons (Fsp3) is 0.111. The predicted octanol–water partition coefficient (Wildman–Crippen LogP) is 6.27. The van der Waals surface area contributed by atoms with E-state index in [1.807, 2.05) is 0 Å². The Morgan fingerprint density at radius 2 is 1.72 bits per heavy atom. The van der Waals surface area contributed by atoms with E-state index in [-0.39, 0.29) is 11.3 Å². The Balaban J connectivity index is 2.00. The number of hydrogen-bond donors (Lipinski definition) is 1. The number of aryl methyl sites for hydroxylation is 1. The fourth-order valence-corrected chi connectivity index (χ4v) is 3.26. The quantitative estimate of drug-likeness (QED) is 0.380. The first-order chi connectivity index (χ1) is 13.3. The summed E-state index contributed by atoms with van der Waals surface area (Å²) in [6, 6.07) is 6.96. The standard InChI is InChI=1S/C18H16F5N3O2S/c1-26-10-17(24-11-26)15-9-12(18(27)28-2)3-8-16(15)25-13-4-6-14(7-5-13)29(19,20,21,22)23/h3-11,25H,1-2H3. The highest BCUT2D eigenvalue weighted by Crippen LogP contribution is 3.02. The molecule has 2 aromatic carbocycles. The molecule has 156 valence electrons. The SMILES string of the molecule is COC(=O)c1ccc(Nc2ccc(S(F)(F)(F)(F)F)cc2)c(-c2cn(C)cn2)c1. The molecule has 29 heavy (non-hydrogen) atoms. The first-order valence-corrected chi connectivity index (χ1v) is 10.0. The number of aromatic nitrogens is 2. The highest BCUT2D eigenvalue weighted by molar-refractivity contribution is 8.45. The number of carbonyl (C=O) groups is 1. The molecule has 0 aliphatic carbocycles. The maximum Gasteiger partial charge on any atom is 0.337 e. The van der Waals surface area contributed by atoms with Gasteiger partial charge in [-0.15, -0.1) is 0 Å². The molecular weight excluding hydrogens is 417 g/mol. The summed E-state index contributed by atoms with van der Waals surface area (Å²) in [7, 11) is -6.76. The van der Waals surface area contributed by atoms with Crippen molar-refractivity contribution >= 4 is 27.6 Å². The Hall–Kier alpha value is -3.08. The number of hydrogen-bond acceptors (Lipinski definition) is 4. The molecule has 0 atom stereocenters. The van der Waals surface area contributed by atoms with Gasteiger partial charge in [-0.05, 0) is 42.5 Å². The van der Waals surface area contributed by atoms with Crippen molar-refractivity contribution in [1.82, 2.24) is 9.55 Å². The second-order valence-corrected chi connectivity index (χ2v) is 8.70. The van der Waals surface area contributed by atoms with Crippen LogP contribution in [0.5, 0.6) is 0 Å². The third kappa shape index (κ3) is 4.67. The summed E-state index contributed by atoms with van der Waals surface area (Å²) in [4.78, 5) is 14.1. The zero-order chi connectivity index (χ0) is 21.5. The van der Waals surface area contributed by atoms with Gasteiger partial charge in [0.25, 0.3) is 0 Å². The molecule has 0 radical (unpaired) electrons. The van der Waals surface area contributed by atoms with Crippen molar-refractivity contribution < 1.29 is 29.0 Å². The topological polar surface area (TPSA) is 56.1 Å². The van der Waals surface area contributed by atoms with Gasteiger partial charge >= 0.3 is 16.2 Å². The smallest absolute Gasteiger partial charge is 0.337 e. The average molecular weight is 433 g/mol. The van der Waals surface area contributed by atoms with Gasteiger partial charge in [0.15, 0.2) is 0 Å². The van der Waals surface area contributed by atoms with Crippen LogP contribution in [0.4, 0.5) is 30.8 Å². The van der Waals surface area contributed by atoms with E-state index in [9.17, 15) is 24.2 Å². The molecule has 1 N–H and O–H groups in total. The van der Waals surface area contributed by atoms with Crippen LogP contribution in [0.25, 0.3) is 11.3 Å². The van der Waals surface area contributed by atoms with Crippen molar-refractivity contribution in [2.24, 2.45) is 7.05 Å². The highest BCUT2D eigenvalue weighted by atomic mass is 32.5. The second-order valence-electron chi connectivity index (χ2n) is 6.29. The molecule has 0 saturated heterocycles. The summed E-state index contributed by atoms with van der Waals surface area (Å²) >= 11 is 0. The van der Waals surface area contributed by atoms with Gasteiger partial charge in [0.05, 0.1) is 24.7 Å². The summed E-state index contributed by atoms with van der Waals surface area (Å²) in [5, 5.41) is 2.87. The van der Waals surface area contributed by atoms with Gasteiger partial charge < -0.3 is 14.6 Å². The molecule has 5 nitrogen and oxygen atoms in total. The monoisotopic (exact) mass is 433 g/mol. The van der Waals surface area contributed by atoms with Crippen molar-refractivity contribution in [3.05, 3.63) is 60.6 Å². The normalized spacial score (nSPS) is 14.0. The van der Waals surface area contributed by atoms with Crippen LogP contribution in [-0.4, -0.2) is 22.6 Å². The molecule has 0 bridgehead atoms. The molecule has 11 heteroatoms. The number of benzene rings is 2. The number of halogens is 5. The zero-order valence-corrected chi connectivity index (χ0v) is 16.0. The van der Waals surface area contributed by atoms with Gasteiger partial charge in [-0.3, -0.25) is 0 Å². The molecule has 0 spiro atoms. The maximum atomic E-state index is 12.9. The van der Waals surface area contributed by atoms with Crippen LogP contribution in [0.1, 0.15) is 10.4 Å². The van der Waals surface area contributed by atoms with E-state index in [1.54, 1.807) is 17.8 Å². The van der Waals surface area contributed by atoms with E-state index in [1.165, 1.54) is 31.6 Å². The Morgan fingerprint density at radius 3 is 2.24 bits per heavy atom. The van der Waals surface area contributed by atoms with Crippen molar-refractivity contribution in [2.75, 3.05) is 12.4 Å². The van der Waals surface area contributed by atoms with Gasteiger partial charge in [0.2, 0.25) is 0 Å². The van der Waals surface area contributed by atoms with Gasteiger partial charge in [-0.2, -0.15) is 0 Å². The third-order valence-corrected chi connectivity index (χ3v) is 5.16. The summed E-state index contributed by atoms with van der Waals surface area (Å²) in [6.45, 7) is 0. The minimum atomic E-state index is -9.74. The number of ether oxygens (including phenoxy) is 1. The molecule has 3 rings (SSSR count). The number of methoxy groups -OCH3 is 1. The Bertz CT molecular complexity index is 1080. The van der Waals surface area contributed by atoms with Gasteiger partial charge in [0.1, 0.15) is 4.90 Å². The van der Waals surface area contributed by atoms with Gasteiger partial charge in [0, 0.05) is 30.2 Å². The number of nitrogens with one attached hydrogen (secondary N) is 1. The number of nitrogens with zero attached hydrogens (tertiary/aromatic N) is 2. The lowest BCUT2D eigenvalue weighted by molar-refractivity contribution is 0.0600. The highest BCUT2D eigenvalue weighted by Gasteiger charge is 2.65. The largest absolute Gasteiger partial charge is 0.465 e. The lowest BCUT2D eigenvalue weighted by atomic mass is 10.1. The van der Waals surface area contributed by atoms with Crippen LogP contribution in [-0.2, 0) is 11.8 Å². The van der Waals surface area contributed by atoms with E-state index in [4.69, 9.17) is 4.74 Å². The van der Waals surface area contributed by atoms with Crippen LogP contribution in [0.2, 0.25) is 0 Å². The summed E-state index contributed by atoms with van der Waals surface area (Å²) in [6.07, 6.45) is 3.21. The summed E-state index contributed by atoms with van der Waals surface area (Å²) in [5.74, 6) is -0.575. The molecular formula is C18H16F5N3O2S. The first-order valence-electron chi connectivity index (χ1n) is 8.09. The van der Waals surface area contributed by atoms with Crippen LogP contribution in [0.3, 0.4) is 0 Å². The first kappa shape index (κ1) is 20.6. The molecule has 3 aromatic rings. The number of carbonyl (C=O) groups excluding carboxylic acids is 1. The lowest BCUT2D eigenvalue weighted by Gasteiger charge is -2.40. The molecule has 1 heterocycles. The number of imidazole rings is 1. The number of anilines is 2. The molecule has 0 aliphatic rings. The van der Waals surface area contributed by atoms with Crippen LogP contribution >= 0.6 is 10.2 Å². The Kier molecular flexibility index (Phi) is 4.42. The fourth-order valence-electron chi connectivity index (χ4n) is 2.61. The van der Waals surface area contributed by atoms with Crippen molar-refractivity contribution in [3.63, 3.8) is 0 Å². The van der Waals surface area contributed by atoms with E-state index in [0.717, 1.165) is 12.1 Å². The van der Waals surface area contributed by atoms with Crippen LogP contribution in [0, 0.1) is 0 Å². The number of rotatable bonds is 5. The minimum Gasteiger partial charge on any atom is -0.465 e. The maximum absolute atomic E-state index is 12.9. The second kappa shape index (κ2) is 6.21. The Labute approximate surface area is 162 Å². The minimum absolute atomic E-state index is 0.151. The Morgan fingerprint density at radius 1 is 1.07 bits per heavy atom. The zero-order valence-electron chi connectivity index (χ0n) is 15.2. The molecule has 0 fully saturated rings. The molecule has 0 unspecified atom stereocenters. The molecule has 1 aromatic heterocycles. The number of esters is 1. The van der Waals surface area contributed by atoms with Gasteiger partial charge in [-0.25, -0.2) is 9.78 Å². The van der Waals surface area contributed by atoms with Gasteiger partial charge in [-0.1, -0.05) is 19.4 Å². The molecule has 0 aliphatic heterocycles. The van der Waals surface area contributed by atoms with Crippen LogP contribution in [0.15, 0.2) is 59.9 Å². The van der Waals surface area contributed by atoms with E-state index in [2.05, 4.69) is 10.3 Å². The van der Waals surface area contributed by atoms with E-state index >= 15 is 0 Å². The van der Waals surface area contributed by atoms with Crippen molar-refractivity contribution in [3.8, 4) is 11.3 Å². The summed E-state index contributed by atoms with van der Waals surface area (Å²) in [5.41, 5.74) is 1.78. The van der Waals surface area contributed by atoms with Crippen molar-refractivity contribution in [2.45, 2.75) is 4.90 Å². The van der Waals surface area contributed by atoms with Crippen LogP contribution < -0.4 is 5.32 Å². The van der Waals surface area contributed by atoms with E-state index in [0.29, 0.717) is 29.1 Å². The molecule has 0 amide bonds. The van der Waals surface area contributed by atoms with E-state index < -0.39 is 21.1 Å². The predicted molar refractivity (Wildman–Crippen MR) is 101 cm³/mol. The summed E-state index contributed by atoms with van der Waals surface area (Å²) < 4.78 is 70.7. The lowest BCUT2D eigenvalue weighted by Crippen LogP contribution is -2.06. The third-order valence-electron chi connectivity index (χ3n) is 4.00.